The van der Waals surface area contributed by atoms with Gasteiger partial charge >= 0.3 is 0 Å². The fraction of sp³-hybridized carbons (Fsp3) is 0.375. The number of hydrogen-bond donors (Lipinski definition) is 1. The molecule has 2 fully saturated rings. The minimum absolute atomic E-state index is 0.137. The van der Waals surface area contributed by atoms with Crippen molar-refractivity contribution in [2.24, 2.45) is 17.6 Å². The number of primary amides is 1. The van der Waals surface area contributed by atoms with Crippen LogP contribution in [0.5, 0.6) is 0 Å². The molecule has 0 aromatic heterocycles. The highest BCUT2D eigenvalue weighted by atomic mass is 16.2. The number of amides is 2. The number of carbonyl (C=O) groups excluding carboxylic acids is 2. The SMILES string of the molecule is NC(=O)C1[C@@H]2CN(C(=O)Cc3ccccc3)CC2CN1CC[CH]c1ccccc1. The second kappa shape index (κ2) is 8.78. The van der Waals surface area contributed by atoms with E-state index in [2.05, 4.69) is 23.5 Å². The van der Waals surface area contributed by atoms with E-state index >= 15 is 0 Å². The number of nitrogens with zero attached hydrogens (tertiary/aromatic N) is 2. The van der Waals surface area contributed by atoms with E-state index in [-0.39, 0.29) is 23.8 Å². The normalized spacial score (nSPS) is 23.9. The van der Waals surface area contributed by atoms with Crippen LogP contribution in [-0.4, -0.2) is 53.8 Å². The lowest BCUT2D eigenvalue weighted by Gasteiger charge is -2.27. The van der Waals surface area contributed by atoms with Crippen molar-refractivity contribution in [2.45, 2.75) is 18.9 Å². The highest BCUT2D eigenvalue weighted by Crippen LogP contribution is 2.36. The minimum atomic E-state index is -0.279. The van der Waals surface area contributed by atoms with Crippen molar-refractivity contribution in [1.82, 2.24) is 9.80 Å². The lowest BCUT2D eigenvalue weighted by atomic mass is 9.94. The molecule has 2 aliphatic heterocycles. The van der Waals surface area contributed by atoms with E-state index in [1.165, 1.54) is 5.56 Å². The third-order valence-electron chi connectivity index (χ3n) is 6.20. The van der Waals surface area contributed by atoms with E-state index in [9.17, 15) is 9.59 Å². The molecule has 0 saturated carbocycles. The molecule has 151 valence electrons. The maximum atomic E-state index is 12.7. The molecule has 2 saturated heterocycles. The zero-order chi connectivity index (χ0) is 20.2. The van der Waals surface area contributed by atoms with Gasteiger partial charge in [0.1, 0.15) is 0 Å². The van der Waals surface area contributed by atoms with Crippen molar-refractivity contribution in [1.29, 1.82) is 0 Å². The van der Waals surface area contributed by atoms with Crippen molar-refractivity contribution in [3.05, 3.63) is 78.2 Å². The summed E-state index contributed by atoms with van der Waals surface area (Å²) >= 11 is 0. The number of likely N-dealkylation sites (tertiary alicyclic amines) is 2. The van der Waals surface area contributed by atoms with Crippen LogP contribution in [0, 0.1) is 18.3 Å². The molecule has 1 radical (unpaired) electrons. The van der Waals surface area contributed by atoms with Gasteiger partial charge in [-0.2, -0.15) is 0 Å². The van der Waals surface area contributed by atoms with Crippen LogP contribution in [0.1, 0.15) is 17.5 Å². The van der Waals surface area contributed by atoms with Gasteiger partial charge in [-0.3, -0.25) is 14.5 Å². The number of carbonyl (C=O) groups is 2. The van der Waals surface area contributed by atoms with Gasteiger partial charge in [0.2, 0.25) is 11.8 Å². The third kappa shape index (κ3) is 4.51. The second-order valence-corrected chi connectivity index (χ2v) is 8.13. The highest BCUT2D eigenvalue weighted by Gasteiger charge is 2.49. The maximum absolute atomic E-state index is 12.7. The Kier molecular flexibility index (Phi) is 5.95. The largest absolute Gasteiger partial charge is 0.368 e. The van der Waals surface area contributed by atoms with Gasteiger partial charge in [-0.25, -0.2) is 0 Å². The number of hydrogen-bond acceptors (Lipinski definition) is 3. The summed E-state index contributed by atoms with van der Waals surface area (Å²) in [7, 11) is 0. The van der Waals surface area contributed by atoms with Crippen LogP contribution in [-0.2, 0) is 16.0 Å². The Balaban J connectivity index is 1.33. The Labute approximate surface area is 172 Å². The Hall–Kier alpha value is -2.66. The van der Waals surface area contributed by atoms with Gasteiger partial charge in [0.05, 0.1) is 12.5 Å². The van der Waals surface area contributed by atoms with Crippen LogP contribution in [0.2, 0.25) is 0 Å². The topological polar surface area (TPSA) is 66.6 Å². The lowest BCUT2D eigenvalue weighted by Crippen LogP contribution is -2.46. The molecule has 5 heteroatoms. The Morgan fingerprint density at radius 1 is 0.966 bits per heavy atom. The van der Waals surface area contributed by atoms with Gasteiger partial charge in [0.15, 0.2) is 0 Å². The Bertz CT molecular complexity index is 840. The number of fused-ring (bicyclic) bond motifs is 1. The van der Waals surface area contributed by atoms with E-state index in [0.29, 0.717) is 18.9 Å². The maximum Gasteiger partial charge on any atom is 0.235 e. The summed E-state index contributed by atoms with van der Waals surface area (Å²) in [6.45, 7) is 2.99. The fourth-order valence-electron chi connectivity index (χ4n) is 4.83. The van der Waals surface area contributed by atoms with E-state index in [1.54, 1.807) is 0 Å². The van der Waals surface area contributed by atoms with Crippen molar-refractivity contribution in [2.75, 3.05) is 26.2 Å². The molecule has 2 aromatic rings. The molecular weight excluding hydrogens is 362 g/mol. The molecule has 2 aromatic carbocycles. The van der Waals surface area contributed by atoms with E-state index in [0.717, 1.165) is 31.6 Å². The molecular formula is C24H28N3O2. The molecule has 0 bridgehead atoms. The van der Waals surface area contributed by atoms with Gasteiger partial charge in [-0.05, 0) is 36.4 Å². The highest BCUT2D eigenvalue weighted by molar-refractivity contribution is 5.82. The molecule has 29 heavy (non-hydrogen) atoms. The monoisotopic (exact) mass is 390 g/mol. The van der Waals surface area contributed by atoms with Gasteiger partial charge in [-0.15, -0.1) is 0 Å². The predicted octanol–water partition coefficient (Wildman–Crippen LogP) is 2.12. The summed E-state index contributed by atoms with van der Waals surface area (Å²) in [6.07, 6.45) is 3.49. The van der Waals surface area contributed by atoms with Crippen LogP contribution >= 0.6 is 0 Å². The standard InChI is InChI=1S/C24H28N3O2/c25-24(29)23-21-17-27(22(28)14-19-10-5-2-6-11-19)16-20(21)15-26(23)13-7-12-18-8-3-1-4-9-18/h1-6,8-12,20-21,23H,7,13-17H2,(H2,25,29)/t20?,21-,23?/m1/s1. The molecule has 0 aliphatic carbocycles. The smallest absolute Gasteiger partial charge is 0.235 e. The van der Waals surface area contributed by atoms with Crippen LogP contribution in [0.4, 0.5) is 0 Å². The lowest BCUT2D eigenvalue weighted by molar-refractivity contribution is -0.131. The van der Waals surface area contributed by atoms with E-state index in [1.807, 2.05) is 53.4 Å². The molecule has 2 N–H and O–H groups in total. The zero-order valence-corrected chi connectivity index (χ0v) is 16.6. The first-order valence-electron chi connectivity index (χ1n) is 10.3. The first-order valence-corrected chi connectivity index (χ1v) is 10.3. The zero-order valence-electron chi connectivity index (χ0n) is 16.6. The third-order valence-corrected chi connectivity index (χ3v) is 6.20. The average Bonchev–Trinajstić information content (AvgIpc) is 3.27. The molecule has 0 spiro atoms. The second-order valence-electron chi connectivity index (χ2n) is 8.13. The van der Waals surface area contributed by atoms with Crippen LogP contribution in [0.25, 0.3) is 0 Å². The van der Waals surface area contributed by atoms with E-state index < -0.39 is 0 Å². The summed E-state index contributed by atoms with van der Waals surface area (Å²) in [5.74, 6) is 0.334. The summed E-state index contributed by atoms with van der Waals surface area (Å²) in [6, 6.07) is 19.8. The minimum Gasteiger partial charge on any atom is -0.368 e. The van der Waals surface area contributed by atoms with Crippen molar-refractivity contribution < 1.29 is 9.59 Å². The van der Waals surface area contributed by atoms with Gasteiger partial charge < -0.3 is 10.6 Å². The van der Waals surface area contributed by atoms with Gasteiger partial charge in [0.25, 0.3) is 0 Å². The summed E-state index contributed by atoms with van der Waals surface area (Å²) in [5.41, 5.74) is 8.00. The summed E-state index contributed by atoms with van der Waals surface area (Å²) in [5, 5.41) is 0. The van der Waals surface area contributed by atoms with Crippen molar-refractivity contribution in [3.63, 3.8) is 0 Å². The van der Waals surface area contributed by atoms with Crippen molar-refractivity contribution >= 4 is 11.8 Å². The van der Waals surface area contributed by atoms with Crippen LogP contribution in [0.15, 0.2) is 60.7 Å². The van der Waals surface area contributed by atoms with Crippen LogP contribution in [0.3, 0.4) is 0 Å². The van der Waals surface area contributed by atoms with E-state index in [4.69, 9.17) is 5.73 Å². The molecule has 4 rings (SSSR count). The Morgan fingerprint density at radius 3 is 2.34 bits per heavy atom. The first-order chi connectivity index (χ1) is 14.1. The molecule has 2 aliphatic rings. The molecule has 2 unspecified atom stereocenters. The van der Waals surface area contributed by atoms with Crippen LogP contribution < -0.4 is 5.73 Å². The number of rotatable bonds is 7. The molecule has 2 amide bonds. The average molecular weight is 391 g/mol. The quantitative estimate of drug-likeness (QED) is 0.787. The first kappa shape index (κ1) is 19.6. The summed E-state index contributed by atoms with van der Waals surface area (Å²) < 4.78 is 0. The number of benzene rings is 2. The fourth-order valence-corrected chi connectivity index (χ4v) is 4.83. The Morgan fingerprint density at radius 2 is 1.66 bits per heavy atom. The summed E-state index contributed by atoms with van der Waals surface area (Å²) in [4.78, 5) is 29.1. The molecule has 3 atom stereocenters. The van der Waals surface area contributed by atoms with Gasteiger partial charge in [0, 0.05) is 25.6 Å². The number of nitrogens with two attached hydrogens (primary N) is 1. The van der Waals surface area contributed by atoms with Gasteiger partial charge in [-0.1, -0.05) is 60.7 Å². The molecule has 5 nitrogen and oxygen atoms in total. The predicted molar refractivity (Wildman–Crippen MR) is 113 cm³/mol. The molecule has 2 heterocycles. The van der Waals surface area contributed by atoms with Crippen molar-refractivity contribution in [3.8, 4) is 0 Å².